The fourth-order valence-electron chi connectivity index (χ4n) is 4.77. The fourth-order valence-corrected chi connectivity index (χ4v) is 4.77. The molecule has 2 saturated heterocycles. The number of carboxylic acid groups (broad SMARTS) is 1. The maximum absolute atomic E-state index is 11.6. The summed E-state index contributed by atoms with van der Waals surface area (Å²) < 4.78 is 5.47. The Kier molecular flexibility index (Phi) is 8.22. The molecule has 12 heteroatoms. The Morgan fingerprint density at radius 3 is 2.88 bits per heavy atom. The van der Waals surface area contributed by atoms with Gasteiger partial charge < -0.3 is 25.9 Å². The monoisotopic (exact) mass is 539 g/mol. The third-order valence-corrected chi connectivity index (χ3v) is 6.77. The highest BCUT2D eigenvalue weighted by atomic mass is 16.5. The SMILES string of the molecule is N#Cc1cccc(-c2cc(C(C=NCc3cccc(N4CCC[C@H]4C(=O)O)n3)=NN)nc(N[C@H]3CCOC3)n2)c1. The number of aliphatic carboxylic acids is 1. The third kappa shape index (κ3) is 6.22. The number of hydrazone groups is 1. The van der Waals surface area contributed by atoms with E-state index in [-0.39, 0.29) is 12.6 Å². The van der Waals surface area contributed by atoms with Crippen LogP contribution in [0.25, 0.3) is 11.3 Å². The summed E-state index contributed by atoms with van der Waals surface area (Å²) in [6, 6.07) is 16.1. The summed E-state index contributed by atoms with van der Waals surface area (Å²) in [6.07, 6.45) is 3.78. The number of benzene rings is 1. The molecule has 0 aliphatic carbocycles. The Hall–Kier alpha value is -4.89. The van der Waals surface area contributed by atoms with Crippen molar-refractivity contribution in [3.63, 3.8) is 0 Å². The molecular formula is C28H29N9O3. The van der Waals surface area contributed by atoms with Gasteiger partial charge in [-0.15, -0.1) is 0 Å². The van der Waals surface area contributed by atoms with Gasteiger partial charge >= 0.3 is 5.97 Å². The van der Waals surface area contributed by atoms with Gasteiger partial charge in [-0.3, -0.25) is 4.99 Å². The van der Waals surface area contributed by atoms with Crippen molar-refractivity contribution in [2.45, 2.75) is 37.9 Å². The molecule has 2 aliphatic rings. The molecule has 2 aliphatic heterocycles. The molecule has 5 rings (SSSR count). The van der Waals surface area contributed by atoms with Crippen molar-refractivity contribution in [2.24, 2.45) is 15.9 Å². The molecule has 0 spiro atoms. The Balaban J connectivity index is 1.38. The van der Waals surface area contributed by atoms with Crippen molar-refractivity contribution >= 4 is 29.7 Å². The van der Waals surface area contributed by atoms with E-state index >= 15 is 0 Å². The van der Waals surface area contributed by atoms with Crippen LogP contribution in [0.5, 0.6) is 0 Å². The summed E-state index contributed by atoms with van der Waals surface area (Å²) in [5.41, 5.74) is 3.36. The summed E-state index contributed by atoms with van der Waals surface area (Å²) in [5.74, 6) is 5.93. The van der Waals surface area contributed by atoms with E-state index in [1.54, 1.807) is 24.3 Å². The summed E-state index contributed by atoms with van der Waals surface area (Å²) in [5, 5.41) is 26.1. The van der Waals surface area contributed by atoms with Crippen molar-refractivity contribution in [1.29, 1.82) is 5.26 Å². The predicted molar refractivity (Wildman–Crippen MR) is 150 cm³/mol. The van der Waals surface area contributed by atoms with Crippen molar-refractivity contribution in [3.05, 3.63) is 65.5 Å². The second-order valence-corrected chi connectivity index (χ2v) is 9.52. The first-order valence-electron chi connectivity index (χ1n) is 13.0. The lowest BCUT2D eigenvalue weighted by molar-refractivity contribution is -0.138. The molecule has 4 heterocycles. The molecule has 0 radical (unpaired) electrons. The number of hydrogen-bond acceptors (Lipinski definition) is 11. The molecule has 0 bridgehead atoms. The number of nitrogens with zero attached hydrogens (tertiary/aromatic N) is 7. The molecule has 0 unspecified atom stereocenters. The maximum Gasteiger partial charge on any atom is 0.326 e. The molecule has 12 nitrogen and oxygen atoms in total. The van der Waals surface area contributed by atoms with Gasteiger partial charge in [0.2, 0.25) is 5.95 Å². The zero-order valence-corrected chi connectivity index (χ0v) is 21.8. The lowest BCUT2D eigenvalue weighted by Crippen LogP contribution is -2.36. The van der Waals surface area contributed by atoms with E-state index < -0.39 is 12.0 Å². The minimum absolute atomic E-state index is 0.0788. The highest BCUT2D eigenvalue weighted by Gasteiger charge is 2.31. The van der Waals surface area contributed by atoms with Crippen LogP contribution in [0.4, 0.5) is 11.8 Å². The number of hydrogen-bond donors (Lipinski definition) is 3. The van der Waals surface area contributed by atoms with Crippen molar-refractivity contribution in [2.75, 3.05) is 30.0 Å². The summed E-state index contributed by atoms with van der Waals surface area (Å²) in [4.78, 5) is 31.8. The van der Waals surface area contributed by atoms with Crippen LogP contribution in [0.15, 0.2) is 58.6 Å². The number of carbonyl (C=O) groups is 1. The van der Waals surface area contributed by atoms with E-state index in [4.69, 9.17) is 10.6 Å². The molecule has 0 amide bonds. The molecule has 2 aromatic heterocycles. The average molecular weight is 540 g/mol. The number of nitrogens with two attached hydrogens (primary N) is 1. The Labute approximate surface area is 231 Å². The highest BCUT2D eigenvalue weighted by molar-refractivity contribution is 6.37. The molecule has 2 atom stereocenters. The zero-order chi connectivity index (χ0) is 27.9. The first-order valence-corrected chi connectivity index (χ1v) is 13.0. The van der Waals surface area contributed by atoms with E-state index in [0.717, 1.165) is 18.4 Å². The molecule has 3 aromatic rings. The number of carboxylic acids is 1. The smallest absolute Gasteiger partial charge is 0.326 e. The topological polar surface area (TPSA) is 175 Å². The van der Waals surface area contributed by atoms with Crippen LogP contribution in [0.3, 0.4) is 0 Å². The van der Waals surface area contributed by atoms with Gasteiger partial charge in [0.1, 0.15) is 17.6 Å². The third-order valence-electron chi connectivity index (χ3n) is 6.77. The predicted octanol–water partition coefficient (Wildman–Crippen LogP) is 2.60. The number of anilines is 2. The van der Waals surface area contributed by atoms with Crippen LogP contribution in [-0.4, -0.2) is 69.8 Å². The normalized spacial score (nSPS) is 19.2. The Morgan fingerprint density at radius 1 is 1.23 bits per heavy atom. The molecule has 40 heavy (non-hydrogen) atoms. The molecule has 0 saturated carbocycles. The van der Waals surface area contributed by atoms with Gasteiger partial charge in [0.25, 0.3) is 0 Å². The second-order valence-electron chi connectivity index (χ2n) is 9.52. The van der Waals surface area contributed by atoms with Crippen LogP contribution < -0.4 is 16.1 Å². The number of aliphatic imine (C=N–C) groups is 1. The summed E-state index contributed by atoms with van der Waals surface area (Å²) in [7, 11) is 0. The van der Waals surface area contributed by atoms with Gasteiger partial charge in [-0.2, -0.15) is 10.4 Å². The van der Waals surface area contributed by atoms with Gasteiger partial charge in [-0.25, -0.2) is 19.7 Å². The standard InChI is InChI=1S/C28H29N9O3/c29-14-18-4-1-5-19(12-18)22-13-23(35-28(34-22)33-21-9-11-40-17-21)24(36-30)16-31-15-20-6-2-8-26(32-20)37-10-3-7-25(37)27(38)39/h1-2,4-6,8,12-13,16,21,25H,3,7,9-11,15,17,30H2,(H,38,39)(H,33,34,35)/t21-,25-/m0/s1. The van der Waals surface area contributed by atoms with Crippen molar-refractivity contribution in [1.82, 2.24) is 15.0 Å². The van der Waals surface area contributed by atoms with E-state index in [1.807, 2.05) is 29.2 Å². The average Bonchev–Trinajstić information content (AvgIpc) is 3.68. The van der Waals surface area contributed by atoms with E-state index in [2.05, 4.69) is 36.4 Å². The molecule has 4 N–H and O–H groups in total. The maximum atomic E-state index is 11.6. The van der Waals surface area contributed by atoms with Gasteiger partial charge in [0, 0.05) is 18.7 Å². The lowest BCUT2D eigenvalue weighted by atomic mass is 10.1. The fraction of sp³-hybridized carbons (Fsp3) is 0.321. The van der Waals surface area contributed by atoms with Crippen LogP contribution in [0.2, 0.25) is 0 Å². The Morgan fingerprint density at radius 2 is 2.10 bits per heavy atom. The largest absolute Gasteiger partial charge is 0.480 e. The molecule has 1 aromatic carbocycles. The van der Waals surface area contributed by atoms with Gasteiger partial charge in [-0.1, -0.05) is 18.2 Å². The van der Waals surface area contributed by atoms with Crippen LogP contribution in [-0.2, 0) is 16.1 Å². The zero-order valence-electron chi connectivity index (χ0n) is 21.8. The molecule has 2 fully saturated rings. The number of nitriles is 1. The van der Waals surface area contributed by atoms with Crippen LogP contribution >= 0.6 is 0 Å². The second kappa shape index (κ2) is 12.3. The van der Waals surface area contributed by atoms with Gasteiger partial charge in [0.15, 0.2) is 0 Å². The Bertz CT molecular complexity index is 1480. The number of ether oxygens (including phenoxy) is 1. The van der Waals surface area contributed by atoms with Gasteiger partial charge in [0.05, 0.1) is 54.1 Å². The minimum Gasteiger partial charge on any atom is -0.480 e. The number of nitrogens with one attached hydrogen (secondary N) is 1. The number of pyridine rings is 1. The van der Waals surface area contributed by atoms with Crippen molar-refractivity contribution in [3.8, 4) is 17.3 Å². The minimum atomic E-state index is -0.843. The number of aromatic nitrogens is 3. The molecular weight excluding hydrogens is 510 g/mol. The highest BCUT2D eigenvalue weighted by Crippen LogP contribution is 2.25. The lowest BCUT2D eigenvalue weighted by Gasteiger charge is -2.22. The first-order chi connectivity index (χ1) is 19.5. The summed E-state index contributed by atoms with van der Waals surface area (Å²) in [6.45, 7) is 2.12. The molecule has 204 valence electrons. The number of rotatable bonds is 9. The quantitative estimate of drug-likeness (QED) is 0.208. The first kappa shape index (κ1) is 26.7. The van der Waals surface area contributed by atoms with Crippen LogP contribution in [0.1, 0.15) is 36.2 Å². The van der Waals surface area contributed by atoms with Gasteiger partial charge in [-0.05, 0) is 49.6 Å². The van der Waals surface area contributed by atoms with E-state index in [0.29, 0.717) is 66.3 Å². The van der Waals surface area contributed by atoms with Crippen LogP contribution in [0, 0.1) is 11.3 Å². The van der Waals surface area contributed by atoms with Crippen molar-refractivity contribution < 1.29 is 14.6 Å². The summed E-state index contributed by atoms with van der Waals surface area (Å²) >= 11 is 0. The van der Waals surface area contributed by atoms with E-state index in [1.165, 1.54) is 6.21 Å². The van der Waals surface area contributed by atoms with E-state index in [9.17, 15) is 15.2 Å².